The Hall–Kier alpha value is -1.87. The van der Waals surface area contributed by atoms with Crippen LogP contribution in [0.5, 0.6) is 0 Å². The van der Waals surface area contributed by atoms with E-state index in [-0.39, 0.29) is 12.2 Å². The summed E-state index contributed by atoms with van der Waals surface area (Å²) >= 11 is 5.89. The smallest absolute Gasteiger partial charge is 0.303 e. The summed E-state index contributed by atoms with van der Waals surface area (Å²) in [6.45, 7) is 0. The molecule has 0 saturated carbocycles. The Labute approximate surface area is 115 Å². The molecule has 0 saturated heterocycles. The molecular weight excluding hydrogens is 267 g/mol. The summed E-state index contributed by atoms with van der Waals surface area (Å²) in [5.41, 5.74) is 1.91. The van der Waals surface area contributed by atoms with Gasteiger partial charge in [0.25, 0.3) is 0 Å². The molecule has 0 aromatic heterocycles. The van der Waals surface area contributed by atoms with Gasteiger partial charge < -0.3 is 5.11 Å². The molecule has 0 amide bonds. The summed E-state index contributed by atoms with van der Waals surface area (Å²) in [4.78, 5) is 10.5. The number of aliphatic carboxylic acids is 1. The molecule has 0 aliphatic carbocycles. The van der Waals surface area contributed by atoms with Crippen molar-refractivity contribution in [2.24, 2.45) is 0 Å². The predicted molar refractivity (Wildman–Crippen MR) is 72.8 cm³/mol. The number of halogens is 2. The van der Waals surface area contributed by atoms with Crippen LogP contribution in [0.1, 0.15) is 12.0 Å². The third kappa shape index (κ3) is 3.55. The highest BCUT2D eigenvalue weighted by Gasteiger charge is 2.08. The average Bonchev–Trinajstić information content (AvgIpc) is 2.37. The van der Waals surface area contributed by atoms with Crippen LogP contribution in [0.15, 0.2) is 42.5 Å². The van der Waals surface area contributed by atoms with Gasteiger partial charge in [0.2, 0.25) is 0 Å². The molecule has 0 spiro atoms. The Morgan fingerprint density at radius 1 is 1.21 bits per heavy atom. The SMILES string of the molecule is O=C(O)CCc1ccc(F)c(-c2cccc(Cl)c2)c1. The molecule has 2 aromatic rings. The van der Waals surface area contributed by atoms with Crippen molar-refractivity contribution in [3.05, 3.63) is 58.9 Å². The van der Waals surface area contributed by atoms with Crippen molar-refractivity contribution in [2.45, 2.75) is 12.8 Å². The van der Waals surface area contributed by atoms with Crippen LogP contribution in [0.25, 0.3) is 11.1 Å². The highest BCUT2D eigenvalue weighted by atomic mass is 35.5. The van der Waals surface area contributed by atoms with Crippen LogP contribution in [-0.4, -0.2) is 11.1 Å². The van der Waals surface area contributed by atoms with Crippen molar-refractivity contribution < 1.29 is 14.3 Å². The van der Waals surface area contributed by atoms with E-state index in [9.17, 15) is 9.18 Å². The Morgan fingerprint density at radius 2 is 2.00 bits per heavy atom. The van der Waals surface area contributed by atoms with Gasteiger partial charge in [0, 0.05) is 17.0 Å². The zero-order valence-electron chi connectivity index (χ0n) is 10.1. The maximum absolute atomic E-state index is 13.8. The highest BCUT2D eigenvalue weighted by Crippen LogP contribution is 2.26. The molecule has 4 heteroatoms. The summed E-state index contributed by atoms with van der Waals surface area (Å²) in [5.74, 6) is -1.21. The van der Waals surface area contributed by atoms with E-state index >= 15 is 0 Å². The van der Waals surface area contributed by atoms with Crippen LogP contribution in [0.2, 0.25) is 5.02 Å². The number of hydrogen-bond donors (Lipinski definition) is 1. The first-order chi connectivity index (χ1) is 9.06. The molecule has 98 valence electrons. The van der Waals surface area contributed by atoms with Gasteiger partial charge in [-0.15, -0.1) is 0 Å². The summed E-state index contributed by atoms with van der Waals surface area (Å²) in [5, 5.41) is 9.20. The first-order valence-corrected chi connectivity index (χ1v) is 6.20. The number of hydrogen-bond acceptors (Lipinski definition) is 1. The van der Waals surface area contributed by atoms with E-state index in [1.807, 2.05) is 0 Å². The summed E-state index contributed by atoms with van der Waals surface area (Å²) in [6, 6.07) is 11.5. The van der Waals surface area contributed by atoms with Crippen LogP contribution in [0.4, 0.5) is 4.39 Å². The number of rotatable bonds is 4. The largest absolute Gasteiger partial charge is 0.481 e. The van der Waals surface area contributed by atoms with Crippen molar-refractivity contribution >= 4 is 17.6 Å². The van der Waals surface area contributed by atoms with Crippen molar-refractivity contribution in [3.8, 4) is 11.1 Å². The standard InChI is InChI=1S/C15H12ClFO2/c16-12-3-1-2-11(9-12)13-8-10(4-6-14(13)17)5-7-15(18)19/h1-4,6,8-9H,5,7H2,(H,18,19). The van der Waals surface area contributed by atoms with Crippen LogP contribution in [-0.2, 0) is 11.2 Å². The van der Waals surface area contributed by atoms with Gasteiger partial charge in [-0.3, -0.25) is 4.79 Å². The van der Waals surface area contributed by atoms with Crippen LogP contribution < -0.4 is 0 Å². The molecule has 0 fully saturated rings. The first-order valence-electron chi connectivity index (χ1n) is 5.82. The van der Waals surface area contributed by atoms with Gasteiger partial charge in [-0.1, -0.05) is 29.8 Å². The minimum atomic E-state index is -0.867. The Kier molecular flexibility index (Phi) is 4.17. The van der Waals surface area contributed by atoms with E-state index in [2.05, 4.69) is 0 Å². The summed E-state index contributed by atoms with van der Waals surface area (Å²) in [7, 11) is 0. The second-order valence-electron chi connectivity index (χ2n) is 4.22. The molecule has 2 aromatic carbocycles. The predicted octanol–water partition coefficient (Wildman–Crippen LogP) is 4.16. The quantitative estimate of drug-likeness (QED) is 0.912. The average molecular weight is 279 g/mol. The summed E-state index contributed by atoms with van der Waals surface area (Å²) < 4.78 is 13.8. The molecule has 0 heterocycles. The Morgan fingerprint density at radius 3 is 2.68 bits per heavy atom. The molecule has 1 N–H and O–H groups in total. The molecule has 0 aliphatic heterocycles. The maximum Gasteiger partial charge on any atom is 0.303 e. The number of carbonyl (C=O) groups is 1. The Balaban J connectivity index is 2.34. The lowest BCUT2D eigenvalue weighted by Gasteiger charge is -2.07. The van der Waals surface area contributed by atoms with Crippen LogP contribution >= 0.6 is 11.6 Å². The zero-order valence-corrected chi connectivity index (χ0v) is 10.8. The fraction of sp³-hybridized carbons (Fsp3) is 0.133. The lowest BCUT2D eigenvalue weighted by Crippen LogP contribution is -1.98. The van der Waals surface area contributed by atoms with Gasteiger partial charge >= 0.3 is 5.97 Å². The fourth-order valence-corrected chi connectivity index (χ4v) is 2.05. The van der Waals surface area contributed by atoms with E-state index in [1.54, 1.807) is 36.4 Å². The molecule has 0 radical (unpaired) electrons. The number of aryl methyl sites for hydroxylation is 1. The summed E-state index contributed by atoms with van der Waals surface area (Å²) in [6.07, 6.45) is 0.407. The molecule has 2 rings (SSSR count). The molecule has 19 heavy (non-hydrogen) atoms. The zero-order chi connectivity index (χ0) is 13.8. The molecule has 0 bridgehead atoms. The third-order valence-corrected chi connectivity index (χ3v) is 3.03. The van der Waals surface area contributed by atoms with E-state index in [1.165, 1.54) is 6.07 Å². The second-order valence-corrected chi connectivity index (χ2v) is 4.65. The molecular formula is C15H12ClFO2. The van der Waals surface area contributed by atoms with Crippen molar-refractivity contribution in [2.75, 3.05) is 0 Å². The lowest BCUT2D eigenvalue weighted by molar-refractivity contribution is -0.136. The Bertz CT molecular complexity index is 611. The number of carboxylic acids is 1. The first kappa shape index (κ1) is 13.6. The monoisotopic (exact) mass is 278 g/mol. The second kappa shape index (κ2) is 5.85. The van der Waals surface area contributed by atoms with E-state index in [0.717, 1.165) is 5.56 Å². The van der Waals surface area contributed by atoms with Gasteiger partial charge in [-0.05, 0) is 41.8 Å². The minimum Gasteiger partial charge on any atom is -0.481 e. The van der Waals surface area contributed by atoms with Gasteiger partial charge in [0.05, 0.1) is 0 Å². The van der Waals surface area contributed by atoms with E-state index in [4.69, 9.17) is 16.7 Å². The molecule has 0 aliphatic rings. The van der Waals surface area contributed by atoms with Crippen molar-refractivity contribution in [1.82, 2.24) is 0 Å². The van der Waals surface area contributed by atoms with Gasteiger partial charge in [-0.2, -0.15) is 0 Å². The van der Waals surface area contributed by atoms with Crippen LogP contribution in [0.3, 0.4) is 0 Å². The molecule has 2 nitrogen and oxygen atoms in total. The number of benzene rings is 2. The van der Waals surface area contributed by atoms with E-state index in [0.29, 0.717) is 22.6 Å². The molecule has 0 unspecified atom stereocenters. The van der Waals surface area contributed by atoms with Gasteiger partial charge in [-0.25, -0.2) is 4.39 Å². The highest BCUT2D eigenvalue weighted by molar-refractivity contribution is 6.30. The van der Waals surface area contributed by atoms with Crippen molar-refractivity contribution in [3.63, 3.8) is 0 Å². The number of carboxylic acid groups (broad SMARTS) is 1. The minimum absolute atomic E-state index is 0.0284. The third-order valence-electron chi connectivity index (χ3n) is 2.79. The lowest BCUT2D eigenvalue weighted by atomic mass is 10.0. The fourth-order valence-electron chi connectivity index (χ4n) is 1.86. The normalized spacial score (nSPS) is 10.4. The van der Waals surface area contributed by atoms with Crippen molar-refractivity contribution in [1.29, 1.82) is 0 Å². The van der Waals surface area contributed by atoms with E-state index < -0.39 is 5.97 Å². The molecule has 0 atom stereocenters. The maximum atomic E-state index is 13.8. The van der Waals surface area contributed by atoms with Crippen LogP contribution in [0, 0.1) is 5.82 Å². The topological polar surface area (TPSA) is 37.3 Å². The van der Waals surface area contributed by atoms with Gasteiger partial charge in [0.15, 0.2) is 0 Å². The van der Waals surface area contributed by atoms with Gasteiger partial charge in [0.1, 0.15) is 5.82 Å².